The normalized spacial score (nSPS) is 10.7. The van der Waals surface area contributed by atoms with Crippen LogP contribution in [0.4, 0.5) is 22.9 Å². The number of hydrogen-bond donors (Lipinski definition) is 5. The highest BCUT2D eigenvalue weighted by molar-refractivity contribution is 5.95. The Hall–Kier alpha value is -4.46. The molecule has 0 radical (unpaired) electrons. The maximum atomic E-state index is 12.0. The lowest BCUT2D eigenvalue weighted by Gasteiger charge is -2.13. The molecule has 0 atom stereocenters. The smallest absolute Gasteiger partial charge is 0.224 e. The van der Waals surface area contributed by atoms with Crippen molar-refractivity contribution < 1.29 is 9.90 Å². The van der Waals surface area contributed by atoms with Crippen molar-refractivity contribution in [1.29, 1.82) is 5.41 Å². The van der Waals surface area contributed by atoms with Gasteiger partial charge in [0.15, 0.2) is 5.82 Å². The minimum atomic E-state index is -0.0442. The molecule has 0 spiro atoms. The number of anilines is 4. The second kappa shape index (κ2) is 9.35. The summed E-state index contributed by atoms with van der Waals surface area (Å²) in [5.74, 6) is 1.01. The van der Waals surface area contributed by atoms with E-state index >= 15 is 0 Å². The fourth-order valence-corrected chi connectivity index (χ4v) is 3.44. The standard InChI is InChI=1S/C25H24N6O2/c1-2-4-23(33)28-17-6-3-5-15(11-17)24-30-22-10-8-19(32)13-20(22)25(31-24)29-18-7-9-21(27)16(12-18)14-26/h3,5-14,26,32H,2,4,27H2,1H3,(H,28,33)(H,29,30,31). The van der Waals surface area contributed by atoms with Gasteiger partial charge in [-0.2, -0.15) is 0 Å². The monoisotopic (exact) mass is 440 g/mol. The van der Waals surface area contributed by atoms with E-state index in [0.29, 0.717) is 51.6 Å². The number of carbonyl (C=O) groups is 1. The van der Waals surface area contributed by atoms with Gasteiger partial charge in [-0.25, -0.2) is 9.97 Å². The van der Waals surface area contributed by atoms with E-state index in [1.807, 2.05) is 31.2 Å². The van der Waals surface area contributed by atoms with Gasteiger partial charge in [0.05, 0.1) is 5.52 Å². The van der Waals surface area contributed by atoms with E-state index in [1.165, 1.54) is 6.21 Å². The van der Waals surface area contributed by atoms with E-state index in [4.69, 9.17) is 16.1 Å². The van der Waals surface area contributed by atoms with Gasteiger partial charge in [0.1, 0.15) is 11.6 Å². The van der Waals surface area contributed by atoms with Gasteiger partial charge in [0, 0.05) is 46.2 Å². The quantitative estimate of drug-likeness (QED) is 0.201. The van der Waals surface area contributed by atoms with Crippen molar-refractivity contribution in [2.45, 2.75) is 19.8 Å². The van der Waals surface area contributed by atoms with Crippen molar-refractivity contribution in [3.8, 4) is 17.1 Å². The molecule has 8 heteroatoms. The molecule has 166 valence electrons. The van der Waals surface area contributed by atoms with Crippen LogP contribution in [-0.4, -0.2) is 27.2 Å². The lowest BCUT2D eigenvalue weighted by molar-refractivity contribution is -0.116. The fraction of sp³-hybridized carbons (Fsp3) is 0.120. The maximum Gasteiger partial charge on any atom is 0.224 e. The molecule has 0 aliphatic heterocycles. The summed E-state index contributed by atoms with van der Waals surface area (Å²) < 4.78 is 0. The fourth-order valence-electron chi connectivity index (χ4n) is 3.44. The van der Waals surface area contributed by atoms with Gasteiger partial charge in [-0.3, -0.25) is 4.79 Å². The molecule has 0 fully saturated rings. The maximum absolute atomic E-state index is 12.0. The number of aromatic nitrogens is 2. The first-order chi connectivity index (χ1) is 16.0. The molecule has 0 unspecified atom stereocenters. The third-order valence-electron chi connectivity index (χ3n) is 5.07. The Morgan fingerprint density at radius 2 is 1.94 bits per heavy atom. The number of nitrogens with zero attached hydrogens (tertiary/aromatic N) is 2. The van der Waals surface area contributed by atoms with Gasteiger partial charge in [-0.15, -0.1) is 0 Å². The number of fused-ring (bicyclic) bond motifs is 1. The second-order valence-corrected chi connectivity index (χ2v) is 7.59. The highest BCUT2D eigenvalue weighted by Crippen LogP contribution is 2.31. The molecule has 33 heavy (non-hydrogen) atoms. The van der Waals surface area contributed by atoms with Crippen LogP contribution in [0.5, 0.6) is 5.75 Å². The van der Waals surface area contributed by atoms with E-state index in [9.17, 15) is 9.90 Å². The summed E-state index contributed by atoms with van der Waals surface area (Å²) in [6.45, 7) is 1.96. The first kappa shape index (κ1) is 21.8. The molecule has 1 amide bonds. The van der Waals surface area contributed by atoms with Crippen molar-refractivity contribution in [3.63, 3.8) is 0 Å². The van der Waals surface area contributed by atoms with Gasteiger partial charge in [0.2, 0.25) is 5.91 Å². The summed E-state index contributed by atoms with van der Waals surface area (Å²) in [6.07, 6.45) is 2.41. The minimum Gasteiger partial charge on any atom is -0.508 e. The molecule has 1 aromatic heterocycles. The number of nitrogens with two attached hydrogens (primary N) is 1. The second-order valence-electron chi connectivity index (χ2n) is 7.59. The molecule has 8 nitrogen and oxygen atoms in total. The molecule has 4 rings (SSSR count). The first-order valence-electron chi connectivity index (χ1n) is 10.5. The number of nitrogen functional groups attached to an aromatic ring is 1. The van der Waals surface area contributed by atoms with Gasteiger partial charge < -0.3 is 26.9 Å². The summed E-state index contributed by atoms with van der Waals surface area (Å²) >= 11 is 0. The SMILES string of the molecule is CCCC(=O)Nc1cccc(-c2nc(Nc3ccc(N)c(C=N)c3)c3cc(O)ccc3n2)c1. The Bertz CT molecular complexity index is 1350. The van der Waals surface area contributed by atoms with Gasteiger partial charge >= 0.3 is 0 Å². The molecule has 4 aromatic rings. The van der Waals surface area contributed by atoms with Crippen molar-refractivity contribution in [2.24, 2.45) is 0 Å². The molecule has 0 aliphatic carbocycles. The largest absolute Gasteiger partial charge is 0.508 e. The predicted molar refractivity (Wildman–Crippen MR) is 132 cm³/mol. The summed E-state index contributed by atoms with van der Waals surface area (Å²) in [5, 5.41) is 24.4. The Balaban J connectivity index is 1.77. The highest BCUT2D eigenvalue weighted by atomic mass is 16.3. The number of hydrogen-bond acceptors (Lipinski definition) is 7. The van der Waals surface area contributed by atoms with Crippen LogP contribution in [0, 0.1) is 5.41 Å². The van der Waals surface area contributed by atoms with Gasteiger partial charge in [0.25, 0.3) is 0 Å². The van der Waals surface area contributed by atoms with Crippen LogP contribution >= 0.6 is 0 Å². The van der Waals surface area contributed by atoms with Crippen molar-refractivity contribution in [2.75, 3.05) is 16.4 Å². The Morgan fingerprint density at radius 3 is 2.73 bits per heavy atom. The molecule has 3 aromatic carbocycles. The Labute approximate surface area is 191 Å². The zero-order valence-electron chi connectivity index (χ0n) is 18.1. The summed E-state index contributed by atoms with van der Waals surface area (Å²) in [5.41, 5.74) is 9.73. The number of rotatable bonds is 7. The Morgan fingerprint density at radius 1 is 1.09 bits per heavy atom. The number of phenolic OH excluding ortho intramolecular Hbond substituents is 1. The molecule has 0 aliphatic rings. The lowest BCUT2D eigenvalue weighted by Crippen LogP contribution is -2.10. The summed E-state index contributed by atoms with van der Waals surface area (Å²) in [6, 6.07) is 17.5. The number of carbonyl (C=O) groups excluding carboxylic acids is 1. The topological polar surface area (TPSA) is 137 Å². The zero-order valence-corrected chi connectivity index (χ0v) is 18.1. The zero-order chi connectivity index (χ0) is 23.4. The molecule has 0 bridgehead atoms. The number of amides is 1. The Kier molecular flexibility index (Phi) is 6.17. The molecular formula is C25H24N6O2. The van der Waals surface area contributed by atoms with Crippen LogP contribution in [0.15, 0.2) is 60.7 Å². The number of phenols is 1. The molecular weight excluding hydrogens is 416 g/mol. The van der Waals surface area contributed by atoms with E-state index < -0.39 is 0 Å². The van der Waals surface area contributed by atoms with Crippen LogP contribution in [0.1, 0.15) is 25.3 Å². The molecule has 0 saturated heterocycles. The average molecular weight is 441 g/mol. The highest BCUT2D eigenvalue weighted by Gasteiger charge is 2.12. The van der Waals surface area contributed by atoms with Gasteiger partial charge in [-0.05, 0) is 55.0 Å². The minimum absolute atomic E-state index is 0.0442. The van der Waals surface area contributed by atoms with E-state index in [-0.39, 0.29) is 11.7 Å². The molecule has 0 saturated carbocycles. The van der Waals surface area contributed by atoms with Crippen molar-refractivity contribution >= 4 is 45.9 Å². The van der Waals surface area contributed by atoms with Crippen LogP contribution in [-0.2, 0) is 4.79 Å². The molecule has 6 N–H and O–H groups in total. The van der Waals surface area contributed by atoms with Crippen LogP contribution in [0.25, 0.3) is 22.3 Å². The number of benzene rings is 3. The predicted octanol–water partition coefficient (Wildman–Crippen LogP) is 5.06. The number of aromatic hydroxyl groups is 1. The third-order valence-corrected chi connectivity index (χ3v) is 5.07. The van der Waals surface area contributed by atoms with E-state index in [0.717, 1.165) is 12.0 Å². The van der Waals surface area contributed by atoms with E-state index in [1.54, 1.807) is 36.4 Å². The molecule has 1 heterocycles. The van der Waals surface area contributed by atoms with Crippen molar-refractivity contribution in [1.82, 2.24) is 9.97 Å². The average Bonchev–Trinajstić information content (AvgIpc) is 2.80. The summed E-state index contributed by atoms with van der Waals surface area (Å²) in [7, 11) is 0. The van der Waals surface area contributed by atoms with E-state index in [2.05, 4.69) is 15.6 Å². The first-order valence-corrected chi connectivity index (χ1v) is 10.5. The number of nitrogens with one attached hydrogen (secondary N) is 3. The van der Waals surface area contributed by atoms with Crippen molar-refractivity contribution in [3.05, 3.63) is 66.2 Å². The third kappa shape index (κ3) is 4.90. The summed E-state index contributed by atoms with van der Waals surface area (Å²) in [4.78, 5) is 21.4. The lowest BCUT2D eigenvalue weighted by atomic mass is 10.1. The van der Waals surface area contributed by atoms with Gasteiger partial charge in [-0.1, -0.05) is 19.1 Å². The van der Waals surface area contributed by atoms with Crippen LogP contribution in [0.3, 0.4) is 0 Å². The van der Waals surface area contributed by atoms with Crippen LogP contribution in [0.2, 0.25) is 0 Å². The van der Waals surface area contributed by atoms with Crippen LogP contribution < -0.4 is 16.4 Å².